The quantitative estimate of drug-likeness (QED) is 0.463. The molecule has 1 fully saturated rings. The summed E-state index contributed by atoms with van der Waals surface area (Å²) in [5.74, 6) is -0.399. The van der Waals surface area contributed by atoms with Gasteiger partial charge in [0.25, 0.3) is 0 Å². The molecule has 0 aliphatic carbocycles. The van der Waals surface area contributed by atoms with Gasteiger partial charge in [-0.05, 0) is 12.8 Å². The summed E-state index contributed by atoms with van der Waals surface area (Å²) in [5.41, 5.74) is 1.78. The summed E-state index contributed by atoms with van der Waals surface area (Å²) >= 11 is 0. The summed E-state index contributed by atoms with van der Waals surface area (Å²) in [7, 11) is -3.36. The number of nitrogens with zero attached hydrogens (tertiary/aromatic N) is 6. The monoisotopic (exact) mass is 550 g/mol. The molecule has 0 spiro atoms. The Kier molecular flexibility index (Phi) is 6.78. The Hall–Kier alpha value is -3.47. The molecule has 3 aromatic heterocycles. The van der Waals surface area contributed by atoms with Crippen molar-refractivity contribution in [2.45, 2.75) is 31.2 Å². The van der Waals surface area contributed by atoms with Crippen LogP contribution in [0.5, 0.6) is 0 Å². The fourth-order valence-electron chi connectivity index (χ4n) is 3.84. The van der Waals surface area contributed by atoms with Crippen molar-refractivity contribution in [1.29, 1.82) is 0 Å². The molecule has 0 radical (unpaired) electrons. The van der Waals surface area contributed by atoms with Crippen LogP contribution in [0.25, 0.3) is 16.9 Å². The standard InChI is InChI=1S/C20H20F6N8O2S/c1-37(35,36)33-4-2-12(3-5-33)31-18-29-9-14(20(24,25)26)17(32-18)11-7-30-34(10-11)15-6-16(27)28-8-13(15)19(21,22)23/h6-10,12H,2-5H2,1H3,(H2,27,28)(H,29,31,32). The molecule has 3 aromatic rings. The molecule has 17 heteroatoms. The zero-order valence-electron chi connectivity index (χ0n) is 19.0. The number of sulfonamides is 1. The number of piperidine rings is 1. The Labute approximate surface area is 206 Å². The molecule has 200 valence electrons. The van der Waals surface area contributed by atoms with Gasteiger partial charge in [0, 0.05) is 49.4 Å². The lowest BCUT2D eigenvalue weighted by molar-refractivity contribution is -0.138. The van der Waals surface area contributed by atoms with Gasteiger partial charge in [0.1, 0.15) is 11.4 Å². The molecule has 1 saturated heterocycles. The van der Waals surface area contributed by atoms with E-state index in [0.29, 0.717) is 25.2 Å². The molecule has 3 N–H and O–H groups in total. The molecule has 0 amide bonds. The van der Waals surface area contributed by atoms with Crippen molar-refractivity contribution >= 4 is 21.8 Å². The second kappa shape index (κ2) is 9.44. The largest absolute Gasteiger partial charge is 0.419 e. The number of rotatable bonds is 5. The van der Waals surface area contributed by atoms with Crippen molar-refractivity contribution in [1.82, 2.24) is 29.0 Å². The minimum atomic E-state index is -4.87. The maximum atomic E-state index is 13.7. The van der Waals surface area contributed by atoms with Crippen molar-refractivity contribution in [3.63, 3.8) is 0 Å². The number of hydrogen-bond donors (Lipinski definition) is 2. The molecule has 0 unspecified atom stereocenters. The van der Waals surface area contributed by atoms with Crippen LogP contribution in [0.4, 0.5) is 38.1 Å². The van der Waals surface area contributed by atoms with Crippen LogP contribution in [-0.4, -0.2) is 62.8 Å². The van der Waals surface area contributed by atoms with Crippen molar-refractivity contribution < 1.29 is 34.8 Å². The highest BCUT2D eigenvalue weighted by molar-refractivity contribution is 7.88. The Morgan fingerprint density at radius 2 is 1.62 bits per heavy atom. The molecule has 4 heterocycles. The molecule has 1 aliphatic rings. The smallest absolute Gasteiger partial charge is 0.384 e. The molecule has 10 nitrogen and oxygen atoms in total. The van der Waals surface area contributed by atoms with E-state index in [2.05, 4.69) is 25.4 Å². The Morgan fingerprint density at radius 3 is 2.22 bits per heavy atom. The number of alkyl halides is 6. The van der Waals surface area contributed by atoms with Gasteiger partial charge in [-0.15, -0.1) is 0 Å². The van der Waals surface area contributed by atoms with Crippen molar-refractivity contribution in [2.24, 2.45) is 0 Å². The van der Waals surface area contributed by atoms with E-state index >= 15 is 0 Å². The summed E-state index contributed by atoms with van der Waals surface area (Å²) in [6, 6.07) is 0.597. The minimum Gasteiger partial charge on any atom is -0.384 e. The predicted octanol–water partition coefficient (Wildman–Crippen LogP) is 3.18. The average Bonchev–Trinajstić information content (AvgIpc) is 3.27. The highest BCUT2D eigenvalue weighted by Crippen LogP contribution is 2.38. The molecule has 1 aliphatic heterocycles. The molecular weight excluding hydrogens is 530 g/mol. The number of halogens is 6. The van der Waals surface area contributed by atoms with E-state index in [1.807, 2.05) is 0 Å². The maximum absolute atomic E-state index is 13.7. The van der Waals surface area contributed by atoms with Crippen LogP contribution < -0.4 is 11.1 Å². The van der Waals surface area contributed by atoms with Gasteiger partial charge in [0.05, 0.1) is 29.4 Å². The summed E-state index contributed by atoms with van der Waals surface area (Å²) in [4.78, 5) is 11.2. The van der Waals surface area contributed by atoms with E-state index < -0.39 is 44.9 Å². The molecule has 4 rings (SSSR count). The number of anilines is 2. The van der Waals surface area contributed by atoms with Crippen LogP contribution >= 0.6 is 0 Å². The topological polar surface area (TPSA) is 132 Å². The first-order chi connectivity index (χ1) is 17.1. The Bertz CT molecular complexity index is 1400. The zero-order valence-corrected chi connectivity index (χ0v) is 19.9. The first-order valence-corrected chi connectivity index (χ1v) is 12.5. The Balaban J connectivity index is 1.67. The third-order valence-corrected chi connectivity index (χ3v) is 6.97. The van der Waals surface area contributed by atoms with Gasteiger partial charge in [0.15, 0.2) is 0 Å². The summed E-state index contributed by atoms with van der Waals surface area (Å²) in [5, 5.41) is 6.71. The molecule has 0 atom stereocenters. The van der Waals surface area contributed by atoms with Crippen LogP contribution in [0.15, 0.2) is 30.9 Å². The SMILES string of the molecule is CS(=O)(=O)N1CCC(Nc2ncc(C(F)(F)F)c(-c3cnn(-c4cc(N)ncc4C(F)(F)F)c3)n2)CC1. The molecule has 0 aromatic carbocycles. The van der Waals surface area contributed by atoms with Crippen molar-refractivity contribution in [3.8, 4) is 16.9 Å². The fraction of sp³-hybridized carbons (Fsp3) is 0.400. The third kappa shape index (κ3) is 5.93. The van der Waals surface area contributed by atoms with Crippen molar-refractivity contribution in [2.75, 3.05) is 30.4 Å². The predicted molar refractivity (Wildman–Crippen MR) is 120 cm³/mol. The molecule has 0 bridgehead atoms. The normalized spacial score (nSPS) is 16.2. The molecule has 37 heavy (non-hydrogen) atoms. The van der Waals surface area contributed by atoms with E-state index in [4.69, 9.17) is 5.73 Å². The van der Waals surface area contributed by atoms with E-state index in [9.17, 15) is 34.8 Å². The number of hydrogen-bond acceptors (Lipinski definition) is 8. The highest BCUT2D eigenvalue weighted by Gasteiger charge is 2.37. The summed E-state index contributed by atoms with van der Waals surface area (Å²) < 4.78 is 107. The van der Waals surface area contributed by atoms with Crippen molar-refractivity contribution in [3.05, 3.63) is 42.0 Å². The second-order valence-electron chi connectivity index (χ2n) is 8.33. The maximum Gasteiger partial charge on any atom is 0.419 e. The highest BCUT2D eigenvalue weighted by atomic mass is 32.2. The Morgan fingerprint density at radius 1 is 1.00 bits per heavy atom. The van der Waals surface area contributed by atoms with E-state index in [0.717, 1.165) is 29.4 Å². The number of nitrogens with two attached hydrogens (primary N) is 1. The average molecular weight is 550 g/mol. The number of nitrogen functional groups attached to an aromatic ring is 1. The van der Waals surface area contributed by atoms with Gasteiger partial charge >= 0.3 is 12.4 Å². The van der Waals surface area contributed by atoms with Gasteiger partial charge in [0.2, 0.25) is 16.0 Å². The van der Waals surface area contributed by atoms with Gasteiger partial charge < -0.3 is 11.1 Å². The van der Waals surface area contributed by atoms with Crippen LogP contribution in [0.1, 0.15) is 24.0 Å². The lowest BCUT2D eigenvalue weighted by atomic mass is 10.1. The molecular formula is C20H20F6N8O2S. The van der Waals surface area contributed by atoms with E-state index in [-0.39, 0.29) is 36.5 Å². The van der Waals surface area contributed by atoms with Gasteiger partial charge in [-0.2, -0.15) is 31.4 Å². The third-order valence-electron chi connectivity index (χ3n) is 5.66. The van der Waals surface area contributed by atoms with Crippen LogP contribution in [0, 0.1) is 0 Å². The summed E-state index contributed by atoms with van der Waals surface area (Å²) in [6.45, 7) is 0.431. The first kappa shape index (κ1) is 26.6. The lowest BCUT2D eigenvalue weighted by Crippen LogP contribution is -2.42. The number of aromatic nitrogens is 5. The summed E-state index contributed by atoms with van der Waals surface area (Å²) in [6.07, 6.45) is -4.87. The number of nitrogens with one attached hydrogen (secondary N) is 1. The zero-order chi connectivity index (χ0) is 27.2. The van der Waals surface area contributed by atoms with Gasteiger partial charge in [-0.25, -0.2) is 32.4 Å². The van der Waals surface area contributed by atoms with Crippen LogP contribution in [0.3, 0.4) is 0 Å². The van der Waals surface area contributed by atoms with Crippen LogP contribution in [0.2, 0.25) is 0 Å². The first-order valence-electron chi connectivity index (χ1n) is 10.7. The lowest BCUT2D eigenvalue weighted by Gasteiger charge is -2.30. The van der Waals surface area contributed by atoms with Crippen LogP contribution in [-0.2, 0) is 22.4 Å². The van der Waals surface area contributed by atoms with E-state index in [1.165, 1.54) is 4.31 Å². The minimum absolute atomic E-state index is 0.155. The van der Waals surface area contributed by atoms with E-state index in [1.54, 1.807) is 0 Å². The van der Waals surface area contributed by atoms with Gasteiger partial charge in [-0.1, -0.05) is 0 Å². The molecule has 0 saturated carbocycles. The second-order valence-corrected chi connectivity index (χ2v) is 10.3. The number of pyridine rings is 1. The van der Waals surface area contributed by atoms with Gasteiger partial charge in [-0.3, -0.25) is 0 Å². The fourth-order valence-corrected chi connectivity index (χ4v) is 4.71.